The van der Waals surface area contributed by atoms with Crippen molar-refractivity contribution in [3.63, 3.8) is 0 Å². The van der Waals surface area contributed by atoms with E-state index in [4.69, 9.17) is 0 Å². The van der Waals surface area contributed by atoms with E-state index in [1.807, 2.05) is 6.92 Å². The van der Waals surface area contributed by atoms with Crippen LogP contribution in [0, 0.1) is 0 Å². The number of carbonyl (C=O) groups is 4. The summed E-state index contributed by atoms with van der Waals surface area (Å²) in [6, 6.07) is 6.21. The first-order valence-corrected chi connectivity index (χ1v) is 7.52. The lowest BCUT2D eigenvalue weighted by Gasteiger charge is -2.08. The summed E-state index contributed by atoms with van der Waals surface area (Å²) in [5.74, 6) is -2.01. The quantitative estimate of drug-likeness (QED) is 0.393. The van der Waals surface area contributed by atoms with Crippen molar-refractivity contribution in [3.8, 4) is 0 Å². The molecule has 3 amide bonds. The maximum atomic E-state index is 11.8. The molecule has 8 nitrogen and oxygen atoms in total. The van der Waals surface area contributed by atoms with Crippen LogP contribution in [-0.4, -0.2) is 30.8 Å². The first kappa shape index (κ1) is 19.1. The fourth-order valence-electron chi connectivity index (χ4n) is 1.71. The number of esters is 1. The Labute approximate surface area is 139 Å². The van der Waals surface area contributed by atoms with Gasteiger partial charge in [-0.15, -0.1) is 0 Å². The molecule has 0 bridgehead atoms. The molecule has 0 aliphatic rings. The zero-order chi connectivity index (χ0) is 17.9. The number of ether oxygens (including phenoxy) is 1. The molecular formula is C16H21N3O5. The fourth-order valence-corrected chi connectivity index (χ4v) is 1.71. The maximum Gasteiger partial charge on any atom is 0.315 e. The second kappa shape index (κ2) is 9.98. The number of hydrogen-bond acceptors (Lipinski definition) is 5. The summed E-state index contributed by atoms with van der Waals surface area (Å²) >= 11 is 0. The molecule has 0 heterocycles. The summed E-state index contributed by atoms with van der Waals surface area (Å²) in [5, 5.41) is 2.73. The standard InChI is InChI=1S/C16H21N3O5/c1-3-4-5-13(20)17-12-8-6-11(7-9-12)16(23)19-18-14(21)10-15(22)24-2/h6-9H,3-5,10H2,1-2H3,(H,17,20)(H,18,21)(H,19,23). The third-order valence-corrected chi connectivity index (χ3v) is 3.04. The van der Waals surface area contributed by atoms with E-state index in [-0.39, 0.29) is 5.91 Å². The van der Waals surface area contributed by atoms with Gasteiger partial charge < -0.3 is 10.1 Å². The molecule has 0 aromatic heterocycles. The number of carbonyl (C=O) groups excluding carboxylic acids is 4. The minimum atomic E-state index is -0.704. The maximum absolute atomic E-state index is 11.8. The number of amides is 3. The van der Waals surface area contributed by atoms with Gasteiger partial charge in [0.1, 0.15) is 6.42 Å². The van der Waals surface area contributed by atoms with E-state index in [2.05, 4.69) is 20.9 Å². The van der Waals surface area contributed by atoms with E-state index in [1.54, 1.807) is 12.1 Å². The number of benzene rings is 1. The summed E-state index contributed by atoms with van der Waals surface area (Å²) in [5.41, 5.74) is 5.17. The molecular weight excluding hydrogens is 314 g/mol. The van der Waals surface area contributed by atoms with Crippen molar-refractivity contribution in [1.29, 1.82) is 0 Å². The molecule has 1 rings (SSSR count). The Morgan fingerprint density at radius 3 is 2.25 bits per heavy atom. The Bertz CT molecular complexity index is 598. The number of nitrogens with one attached hydrogen (secondary N) is 3. The SMILES string of the molecule is CCCCC(=O)Nc1ccc(C(=O)NNC(=O)CC(=O)OC)cc1. The lowest BCUT2D eigenvalue weighted by molar-refractivity contribution is -0.144. The Morgan fingerprint density at radius 1 is 1.00 bits per heavy atom. The van der Waals surface area contributed by atoms with Crippen molar-refractivity contribution in [2.24, 2.45) is 0 Å². The average Bonchev–Trinajstić information content (AvgIpc) is 2.58. The molecule has 0 aliphatic heterocycles. The Balaban J connectivity index is 2.47. The Hall–Kier alpha value is -2.90. The molecule has 0 unspecified atom stereocenters. The number of methoxy groups -OCH3 is 1. The van der Waals surface area contributed by atoms with Crippen molar-refractivity contribution >= 4 is 29.4 Å². The minimum absolute atomic E-state index is 0.0795. The van der Waals surface area contributed by atoms with Gasteiger partial charge in [-0.2, -0.15) is 0 Å². The molecule has 0 aliphatic carbocycles. The number of anilines is 1. The molecule has 8 heteroatoms. The van der Waals surface area contributed by atoms with Crippen molar-refractivity contribution < 1.29 is 23.9 Å². The molecule has 130 valence electrons. The molecule has 3 N–H and O–H groups in total. The van der Waals surface area contributed by atoms with E-state index in [0.717, 1.165) is 20.0 Å². The smallest absolute Gasteiger partial charge is 0.315 e. The Morgan fingerprint density at radius 2 is 1.67 bits per heavy atom. The van der Waals surface area contributed by atoms with Crippen LogP contribution in [0.25, 0.3) is 0 Å². The molecule has 0 fully saturated rings. The lowest BCUT2D eigenvalue weighted by Crippen LogP contribution is -2.42. The highest BCUT2D eigenvalue weighted by Crippen LogP contribution is 2.10. The number of unbranched alkanes of at least 4 members (excludes halogenated alkanes) is 1. The third-order valence-electron chi connectivity index (χ3n) is 3.04. The molecule has 0 spiro atoms. The first-order chi connectivity index (χ1) is 11.5. The van der Waals surface area contributed by atoms with E-state index in [9.17, 15) is 19.2 Å². The van der Waals surface area contributed by atoms with Gasteiger partial charge >= 0.3 is 5.97 Å². The van der Waals surface area contributed by atoms with Gasteiger partial charge in [-0.3, -0.25) is 30.0 Å². The zero-order valence-corrected chi connectivity index (χ0v) is 13.7. The molecule has 1 aromatic rings. The number of hydrazine groups is 1. The molecule has 1 aromatic carbocycles. The van der Waals surface area contributed by atoms with Crippen LogP contribution in [0.2, 0.25) is 0 Å². The second-order valence-corrected chi connectivity index (χ2v) is 4.98. The van der Waals surface area contributed by atoms with Gasteiger partial charge in [-0.25, -0.2) is 0 Å². The van der Waals surface area contributed by atoms with Crippen LogP contribution in [0.5, 0.6) is 0 Å². The first-order valence-electron chi connectivity index (χ1n) is 7.52. The van der Waals surface area contributed by atoms with Crippen LogP contribution in [0.15, 0.2) is 24.3 Å². The highest BCUT2D eigenvalue weighted by molar-refractivity contribution is 5.98. The topological polar surface area (TPSA) is 114 Å². The second-order valence-electron chi connectivity index (χ2n) is 4.98. The van der Waals surface area contributed by atoms with E-state index >= 15 is 0 Å². The van der Waals surface area contributed by atoms with Crippen molar-refractivity contribution in [2.45, 2.75) is 32.6 Å². The predicted molar refractivity (Wildman–Crippen MR) is 86.8 cm³/mol. The van der Waals surface area contributed by atoms with Gasteiger partial charge in [0.15, 0.2) is 0 Å². The normalized spacial score (nSPS) is 9.75. The van der Waals surface area contributed by atoms with Crippen molar-refractivity contribution in [1.82, 2.24) is 10.9 Å². The van der Waals surface area contributed by atoms with Gasteiger partial charge in [0.2, 0.25) is 11.8 Å². The van der Waals surface area contributed by atoms with Gasteiger partial charge in [0, 0.05) is 17.7 Å². The third kappa shape index (κ3) is 6.91. The van der Waals surface area contributed by atoms with Gasteiger partial charge in [-0.05, 0) is 30.7 Å². The summed E-state index contributed by atoms with van der Waals surface area (Å²) in [4.78, 5) is 45.7. The molecule has 0 saturated heterocycles. The molecule has 0 saturated carbocycles. The van der Waals surface area contributed by atoms with Crippen LogP contribution in [0.1, 0.15) is 43.0 Å². The van der Waals surface area contributed by atoms with Crippen LogP contribution >= 0.6 is 0 Å². The van der Waals surface area contributed by atoms with Crippen molar-refractivity contribution in [3.05, 3.63) is 29.8 Å². The molecule has 0 atom stereocenters. The molecule has 24 heavy (non-hydrogen) atoms. The van der Waals surface area contributed by atoms with Crippen LogP contribution in [0.3, 0.4) is 0 Å². The molecule has 0 radical (unpaired) electrons. The zero-order valence-electron chi connectivity index (χ0n) is 13.7. The largest absolute Gasteiger partial charge is 0.469 e. The summed E-state index contributed by atoms with van der Waals surface area (Å²) < 4.78 is 4.33. The fraction of sp³-hybridized carbons (Fsp3) is 0.375. The highest BCUT2D eigenvalue weighted by Gasteiger charge is 2.11. The van der Waals surface area contributed by atoms with Gasteiger partial charge in [0.05, 0.1) is 7.11 Å². The summed E-state index contributed by atoms with van der Waals surface area (Å²) in [6.45, 7) is 2.00. The minimum Gasteiger partial charge on any atom is -0.469 e. The highest BCUT2D eigenvalue weighted by atomic mass is 16.5. The van der Waals surface area contributed by atoms with Crippen molar-refractivity contribution in [2.75, 3.05) is 12.4 Å². The van der Waals surface area contributed by atoms with Crippen LogP contribution in [0.4, 0.5) is 5.69 Å². The lowest BCUT2D eigenvalue weighted by atomic mass is 10.2. The van der Waals surface area contributed by atoms with Gasteiger partial charge in [0.25, 0.3) is 5.91 Å². The van der Waals surface area contributed by atoms with E-state index < -0.39 is 24.2 Å². The van der Waals surface area contributed by atoms with E-state index in [0.29, 0.717) is 17.7 Å². The van der Waals surface area contributed by atoms with Crippen LogP contribution in [-0.2, 0) is 19.1 Å². The summed E-state index contributed by atoms with van der Waals surface area (Å²) in [7, 11) is 1.16. The average molecular weight is 335 g/mol. The number of hydrogen-bond donors (Lipinski definition) is 3. The number of rotatable bonds is 7. The van der Waals surface area contributed by atoms with Crippen LogP contribution < -0.4 is 16.2 Å². The van der Waals surface area contributed by atoms with E-state index in [1.165, 1.54) is 12.1 Å². The Kier molecular flexibility index (Phi) is 7.97. The van der Waals surface area contributed by atoms with Gasteiger partial charge in [-0.1, -0.05) is 13.3 Å². The monoisotopic (exact) mass is 335 g/mol. The summed E-state index contributed by atoms with van der Waals surface area (Å²) in [6.07, 6.45) is 1.72. The predicted octanol–water partition coefficient (Wildman–Crippen LogP) is 1.14.